The van der Waals surface area contributed by atoms with Crippen LogP contribution in [0.3, 0.4) is 0 Å². The molecular weight excluding hydrogens is 352 g/mol. The van der Waals surface area contributed by atoms with Crippen LogP contribution in [0.2, 0.25) is 0 Å². The first-order valence-corrected chi connectivity index (χ1v) is 9.56. The summed E-state index contributed by atoms with van der Waals surface area (Å²) in [5, 5.41) is 9.39. The summed E-state index contributed by atoms with van der Waals surface area (Å²) in [6.45, 7) is 6.80. The first kappa shape index (κ1) is 19.7. The molecule has 0 atom stereocenters. The lowest BCUT2D eigenvalue weighted by Crippen LogP contribution is -2.20. The minimum Gasteiger partial charge on any atom is -0.478 e. The molecule has 0 radical (unpaired) electrons. The lowest BCUT2D eigenvalue weighted by Gasteiger charge is -2.11. The summed E-state index contributed by atoms with van der Waals surface area (Å²) in [6.07, 6.45) is 1.90. The third-order valence-electron chi connectivity index (χ3n) is 5.02. The zero-order chi connectivity index (χ0) is 20.3. The fraction of sp³-hybridized carbons (Fsp3) is 0.304. The number of hydrogen-bond donors (Lipinski definition) is 2. The molecule has 1 heterocycles. The number of carboxylic acids is 1. The molecule has 0 aliphatic rings. The summed E-state index contributed by atoms with van der Waals surface area (Å²) in [6, 6.07) is 14.7. The van der Waals surface area contributed by atoms with Crippen LogP contribution in [0.4, 0.5) is 0 Å². The van der Waals surface area contributed by atoms with Gasteiger partial charge in [-0.3, -0.25) is 4.57 Å². The monoisotopic (exact) mass is 378 g/mol. The molecule has 0 unspecified atom stereocenters. The van der Waals surface area contributed by atoms with Gasteiger partial charge in [0, 0.05) is 11.4 Å². The van der Waals surface area contributed by atoms with Crippen molar-refractivity contribution in [3.63, 3.8) is 0 Å². The van der Waals surface area contributed by atoms with Crippen LogP contribution in [0.25, 0.3) is 11.1 Å². The van der Waals surface area contributed by atoms with E-state index in [1.807, 2.05) is 43.3 Å². The van der Waals surface area contributed by atoms with Gasteiger partial charge >= 0.3 is 11.7 Å². The summed E-state index contributed by atoms with van der Waals surface area (Å²) < 4.78 is 1.80. The number of hydrogen-bond acceptors (Lipinski definition) is 2. The molecule has 2 N–H and O–H groups in total. The second-order valence-electron chi connectivity index (χ2n) is 7.57. The van der Waals surface area contributed by atoms with E-state index in [4.69, 9.17) is 0 Å². The van der Waals surface area contributed by atoms with E-state index in [9.17, 15) is 14.7 Å². The summed E-state index contributed by atoms with van der Waals surface area (Å²) in [7, 11) is 0. The second kappa shape index (κ2) is 8.30. The first-order valence-electron chi connectivity index (χ1n) is 9.56. The Bertz CT molecular complexity index is 1030. The molecule has 1 aromatic heterocycles. The molecule has 0 bridgehead atoms. The Labute approximate surface area is 164 Å². The van der Waals surface area contributed by atoms with E-state index < -0.39 is 5.97 Å². The minimum atomic E-state index is -0.941. The molecule has 2 aromatic carbocycles. The van der Waals surface area contributed by atoms with Crippen molar-refractivity contribution in [2.45, 2.75) is 40.2 Å². The summed E-state index contributed by atoms with van der Waals surface area (Å²) in [4.78, 5) is 26.7. The van der Waals surface area contributed by atoms with Gasteiger partial charge in [-0.2, -0.15) is 0 Å². The Balaban J connectivity index is 1.87. The molecule has 0 amide bonds. The molecule has 0 aliphatic carbocycles. The third-order valence-corrected chi connectivity index (χ3v) is 5.02. The van der Waals surface area contributed by atoms with E-state index in [1.165, 1.54) is 0 Å². The minimum absolute atomic E-state index is 0.0865. The Morgan fingerprint density at radius 3 is 2.43 bits per heavy atom. The van der Waals surface area contributed by atoms with Crippen LogP contribution >= 0.6 is 0 Å². The van der Waals surface area contributed by atoms with Gasteiger partial charge in [-0.15, -0.1) is 0 Å². The Kier molecular flexibility index (Phi) is 5.83. The molecule has 0 saturated heterocycles. The maximum absolute atomic E-state index is 12.4. The average Bonchev–Trinajstić information content (AvgIpc) is 2.93. The highest BCUT2D eigenvalue weighted by molar-refractivity contribution is 5.95. The highest BCUT2D eigenvalue weighted by Crippen LogP contribution is 2.24. The smallest absolute Gasteiger partial charge is 0.336 e. The van der Waals surface area contributed by atoms with Crippen molar-refractivity contribution in [2.24, 2.45) is 5.92 Å². The number of nitrogens with one attached hydrogen (secondary N) is 1. The van der Waals surface area contributed by atoms with E-state index in [-0.39, 0.29) is 11.3 Å². The van der Waals surface area contributed by atoms with Crippen molar-refractivity contribution in [1.29, 1.82) is 0 Å². The maximum Gasteiger partial charge on any atom is 0.336 e. The number of carboxylic acid groups (broad SMARTS) is 1. The number of carbonyl (C=O) groups is 1. The van der Waals surface area contributed by atoms with Gasteiger partial charge in [0.05, 0.1) is 12.1 Å². The van der Waals surface area contributed by atoms with Crippen LogP contribution in [-0.2, 0) is 13.0 Å². The Morgan fingerprint density at radius 1 is 1.11 bits per heavy atom. The van der Waals surface area contributed by atoms with Crippen LogP contribution in [0.1, 0.15) is 47.6 Å². The fourth-order valence-corrected chi connectivity index (χ4v) is 3.43. The van der Waals surface area contributed by atoms with E-state index in [0.717, 1.165) is 35.4 Å². The highest BCUT2D eigenvalue weighted by atomic mass is 16.4. The number of nitrogens with zero attached hydrogens (tertiary/aromatic N) is 1. The molecule has 0 aliphatic heterocycles. The van der Waals surface area contributed by atoms with Gasteiger partial charge in [-0.25, -0.2) is 9.59 Å². The molecule has 0 saturated carbocycles. The predicted octanol–water partition coefficient (Wildman–Crippen LogP) is 4.49. The molecule has 0 fully saturated rings. The van der Waals surface area contributed by atoms with Crippen molar-refractivity contribution in [3.8, 4) is 11.1 Å². The molecule has 0 spiro atoms. The van der Waals surface area contributed by atoms with Crippen LogP contribution < -0.4 is 5.69 Å². The zero-order valence-electron chi connectivity index (χ0n) is 16.5. The molecule has 28 heavy (non-hydrogen) atoms. The topological polar surface area (TPSA) is 75.1 Å². The fourth-order valence-electron chi connectivity index (χ4n) is 3.43. The SMILES string of the molecule is Cc1[nH]c(=O)n(Cc2ccc(-c3ccccc3C(=O)O)cc2)c1CCC(C)C. The van der Waals surface area contributed by atoms with Crippen molar-refractivity contribution in [3.05, 3.63) is 81.5 Å². The number of aromatic carboxylic acids is 1. The number of imidazole rings is 1. The van der Waals surface area contributed by atoms with Gasteiger partial charge in [-0.05, 0) is 48.4 Å². The van der Waals surface area contributed by atoms with Crippen LogP contribution in [0.5, 0.6) is 0 Å². The van der Waals surface area contributed by atoms with E-state index >= 15 is 0 Å². The summed E-state index contributed by atoms with van der Waals surface area (Å²) >= 11 is 0. The number of H-pyrrole nitrogens is 1. The van der Waals surface area contributed by atoms with Gasteiger partial charge in [-0.1, -0.05) is 56.3 Å². The molecule has 5 heteroatoms. The Morgan fingerprint density at radius 2 is 1.79 bits per heavy atom. The maximum atomic E-state index is 12.4. The third kappa shape index (κ3) is 4.25. The van der Waals surface area contributed by atoms with Gasteiger partial charge in [0.2, 0.25) is 0 Å². The lowest BCUT2D eigenvalue weighted by atomic mass is 9.98. The highest BCUT2D eigenvalue weighted by Gasteiger charge is 2.13. The van der Waals surface area contributed by atoms with Crippen LogP contribution in [-0.4, -0.2) is 20.6 Å². The van der Waals surface area contributed by atoms with E-state index in [0.29, 0.717) is 18.0 Å². The molecule has 146 valence electrons. The van der Waals surface area contributed by atoms with Crippen molar-refractivity contribution >= 4 is 5.97 Å². The van der Waals surface area contributed by atoms with Crippen molar-refractivity contribution in [2.75, 3.05) is 0 Å². The first-order chi connectivity index (χ1) is 13.4. The summed E-state index contributed by atoms with van der Waals surface area (Å²) in [5.41, 5.74) is 4.72. The molecule has 3 aromatic rings. The zero-order valence-corrected chi connectivity index (χ0v) is 16.5. The largest absolute Gasteiger partial charge is 0.478 e. The normalized spacial score (nSPS) is 11.1. The van der Waals surface area contributed by atoms with E-state index in [2.05, 4.69) is 18.8 Å². The van der Waals surface area contributed by atoms with Crippen molar-refractivity contribution < 1.29 is 9.90 Å². The average molecular weight is 378 g/mol. The number of benzene rings is 2. The lowest BCUT2D eigenvalue weighted by molar-refractivity contribution is 0.0697. The van der Waals surface area contributed by atoms with Gasteiger partial charge in [0.1, 0.15) is 0 Å². The number of aryl methyl sites for hydroxylation is 1. The van der Waals surface area contributed by atoms with E-state index in [1.54, 1.807) is 16.7 Å². The molecular formula is C23H26N2O3. The predicted molar refractivity (Wildman–Crippen MR) is 111 cm³/mol. The molecule has 3 rings (SSSR count). The van der Waals surface area contributed by atoms with Gasteiger partial charge in [0.25, 0.3) is 0 Å². The quantitative estimate of drug-likeness (QED) is 0.636. The number of rotatable bonds is 7. The Hall–Kier alpha value is -3.08. The van der Waals surface area contributed by atoms with Gasteiger partial charge < -0.3 is 10.1 Å². The van der Waals surface area contributed by atoms with Crippen molar-refractivity contribution in [1.82, 2.24) is 9.55 Å². The molecule has 5 nitrogen and oxygen atoms in total. The standard InChI is InChI=1S/C23H26N2O3/c1-15(2)8-13-21-16(3)24-23(28)25(21)14-17-9-11-18(12-10-17)19-6-4-5-7-20(19)22(26)27/h4-7,9-12,15H,8,13-14H2,1-3H3,(H,24,28)(H,26,27). The second-order valence-corrected chi connectivity index (χ2v) is 7.57. The van der Waals surface area contributed by atoms with Gasteiger partial charge in [0.15, 0.2) is 0 Å². The summed E-state index contributed by atoms with van der Waals surface area (Å²) in [5.74, 6) is -0.365. The van der Waals surface area contributed by atoms with Crippen LogP contribution in [0.15, 0.2) is 53.3 Å². The number of aromatic nitrogens is 2. The number of aromatic amines is 1. The van der Waals surface area contributed by atoms with Crippen LogP contribution in [0, 0.1) is 12.8 Å².